The average molecular weight is 389 g/mol. The molecule has 0 aliphatic carbocycles. The molecule has 8 heteroatoms. The molecule has 28 heavy (non-hydrogen) atoms. The van der Waals surface area contributed by atoms with E-state index in [1.165, 1.54) is 25.3 Å². The summed E-state index contributed by atoms with van der Waals surface area (Å²) in [5, 5.41) is 11.8. The number of pyridine rings is 1. The van der Waals surface area contributed by atoms with Crippen molar-refractivity contribution in [3.8, 4) is 11.6 Å². The van der Waals surface area contributed by atoms with Gasteiger partial charge in [0.15, 0.2) is 6.29 Å². The van der Waals surface area contributed by atoms with E-state index in [9.17, 15) is 4.79 Å². The number of carbonyl (C=O) groups is 1. The maximum absolute atomic E-state index is 12.6. The van der Waals surface area contributed by atoms with Gasteiger partial charge in [-0.25, -0.2) is 9.78 Å². The molecule has 0 atom stereocenters. The number of nitrogens with one attached hydrogen (secondary N) is 1. The highest BCUT2D eigenvalue weighted by molar-refractivity contribution is 5.89. The Hall–Kier alpha value is -2.68. The van der Waals surface area contributed by atoms with Crippen LogP contribution in [0.25, 0.3) is 0 Å². The van der Waals surface area contributed by atoms with Gasteiger partial charge in [-0.3, -0.25) is 0 Å². The van der Waals surface area contributed by atoms with Crippen LogP contribution in [-0.2, 0) is 9.47 Å². The normalized spacial score (nSPS) is 10.8. The summed E-state index contributed by atoms with van der Waals surface area (Å²) in [4.78, 5) is 18.3. The van der Waals surface area contributed by atoms with Crippen molar-refractivity contribution in [2.45, 2.75) is 19.6 Å². The van der Waals surface area contributed by atoms with Crippen molar-refractivity contribution in [2.24, 2.45) is 0 Å². The maximum Gasteiger partial charge on any atom is 0.322 e. The van der Waals surface area contributed by atoms with Crippen molar-refractivity contribution in [3.05, 3.63) is 48.2 Å². The maximum atomic E-state index is 12.6. The largest absolute Gasteiger partial charge is 0.439 e. The Balaban J connectivity index is 1.97. The van der Waals surface area contributed by atoms with Crippen LogP contribution in [0.3, 0.4) is 0 Å². The van der Waals surface area contributed by atoms with Crippen molar-refractivity contribution in [1.82, 2.24) is 9.88 Å². The molecule has 152 valence electrons. The number of aryl methyl sites for hydroxylation is 1. The highest BCUT2D eigenvalue weighted by Gasteiger charge is 2.18. The lowest BCUT2D eigenvalue weighted by Gasteiger charge is -2.26. The number of urea groups is 1. The predicted octanol–water partition coefficient (Wildman–Crippen LogP) is 3.02. The van der Waals surface area contributed by atoms with E-state index in [0.29, 0.717) is 30.3 Å². The summed E-state index contributed by atoms with van der Waals surface area (Å²) < 4.78 is 16.0. The molecule has 0 spiro atoms. The molecule has 0 aliphatic rings. The number of methoxy groups -OCH3 is 2. The number of hydrogen-bond donors (Lipinski definition) is 2. The van der Waals surface area contributed by atoms with Crippen molar-refractivity contribution in [1.29, 1.82) is 0 Å². The second-order valence-corrected chi connectivity index (χ2v) is 6.15. The number of nitrogens with zero attached hydrogens (tertiary/aromatic N) is 2. The van der Waals surface area contributed by atoms with E-state index in [-0.39, 0.29) is 19.2 Å². The molecule has 0 radical (unpaired) electrons. The van der Waals surface area contributed by atoms with Crippen LogP contribution in [0, 0.1) is 6.92 Å². The first-order chi connectivity index (χ1) is 13.5. The third-order valence-electron chi connectivity index (χ3n) is 4.00. The predicted molar refractivity (Wildman–Crippen MR) is 106 cm³/mol. The minimum Gasteiger partial charge on any atom is -0.439 e. The van der Waals surface area contributed by atoms with Gasteiger partial charge in [0.1, 0.15) is 5.75 Å². The zero-order chi connectivity index (χ0) is 20.4. The lowest BCUT2D eigenvalue weighted by atomic mass is 10.2. The topological polar surface area (TPSA) is 93.2 Å². The summed E-state index contributed by atoms with van der Waals surface area (Å²) in [6.45, 7) is 2.60. The monoisotopic (exact) mass is 389 g/mol. The second kappa shape index (κ2) is 11.2. The van der Waals surface area contributed by atoms with Gasteiger partial charge in [-0.15, -0.1) is 0 Å². The molecule has 0 saturated carbocycles. The lowest BCUT2D eigenvalue weighted by molar-refractivity contribution is -0.111. The van der Waals surface area contributed by atoms with Crippen LogP contribution in [-0.4, -0.2) is 61.2 Å². The van der Waals surface area contributed by atoms with E-state index in [4.69, 9.17) is 19.3 Å². The van der Waals surface area contributed by atoms with Gasteiger partial charge in [0, 0.05) is 33.4 Å². The number of anilines is 1. The number of ether oxygens (including phenoxy) is 3. The van der Waals surface area contributed by atoms with E-state index in [1.54, 1.807) is 12.1 Å². The smallest absolute Gasteiger partial charge is 0.322 e. The van der Waals surface area contributed by atoms with Crippen LogP contribution in [0.2, 0.25) is 0 Å². The third-order valence-corrected chi connectivity index (χ3v) is 4.00. The number of benzene rings is 1. The van der Waals surface area contributed by atoms with Gasteiger partial charge in [-0.1, -0.05) is 17.7 Å². The molecule has 2 N–H and O–H groups in total. The first-order valence-corrected chi connectivity index (χ1v) is 8.98. The summed E-state index contributed by atoms with van der Waals surface area (Å²) in [5.41, 5.74) is 1.68. The molecule has 0 fully saturated rings. The molecule has 2 amide bonds. The van der Waals surface area contributed by atoms with Crippen LogP contribution in [0.1, 0.15) is 12.0 Å². The average Bonchev–Trinajstić information content (AvgIpc) is 2.71. The molecular weight excluding hydrogens is 362 g/mol. The van der Waals surface area contributed by atoms with E-state index in [0.717, 1.165) is 5.56 Å². The highest BCUT2D eigenvalue weighted by atomic mass is 16.7. The minimum absolute atomic E-state index is 0.0129. The summed E-state index contributed by atoms with van der Waals surface area (Å²) in [6.07, 6.45) is 1.43. The standard InChI is InChI=1S/C20H27N3O5/c1-15-5-8-17(9-6-15)28-18-10-7-16(13-21-18)22-20(25)23(11-4-12-24)14-19(26-2)27-3/h5-10,13,19,24H,4,11-12,14H2,1-3H3,(H,22,25). The van der Waals surface area contributed by atoms with Crippen LogP contribution < -0.4 is 10.1 Å². The van der Waals surface area contributed by atoms with E-state index in [2.05, 4.69) is 10.3 Å². The van der Waals surface area contributed by atoms with Gasteiger partial charge in [0.2, 0.25) is 5.88 Å². The van der Waals surface area contributed by atoms with Crippen LogP contribution in [0.5, 0.6) is 11.6 Å². The molecule has 2 rings (SSSR count). The molecule has 1 heterocycles. The summed E-state index contributed by atoms with van der Waals surface area (Å²) >= 11 is 0. The fourth-order valence-electron chi connectivity index (χ4n) is 2.41. The van der Waals surface area contributed by atoms with E-state index < -0.39 is 6.29 Å². The van der Waals surface area contributed by atoms with Crippen LogP contribution >= 0.6 is 0 Å². The highest BCUT2D eigenvalue weighted by Crippen LogP contribution is 2.21. The van der Waals surface area contributed by atoms with Gasteiger partial charge < -0.3 is 29.5 Å². The Kier molecular flexibility index (Phi) is 8.67. The van der Waals surface area contributed by atoms with Crippen LogP contribution in [0.15, 0.2) is 42.6 Å². The summed E-state index contributed by atoms with van der Waals surface area (Å²) in [7, 11) is 3.01. The number of rotatable bonds is 10. The lowest BCUT2D eigenvalue weighted by Crippen LogP contribution is -2.42. The fraction of sp³-hybridized carbons (Fsp3) is 0.400. The Morgan fingerprint density at radius 2 is 1.89 bits per heavy atom. The fourth-order valence-corrected chi connectivity index (χ4v) is 2.41. The molecule has 1 aromatic heterocycles. The first-order valence-electron chi connectivity index (χ1n) is 8.98. The number of aliphatic hydroxyl groups is 1. The second-order valence-electron chi connectivity index (χ2n) is 6.15. The van der Waals surface area contributed by atoms with E-state index >= 15 is 0 Å². The zero-order valence-electron chi connectivity index (χ0n) is 16.4. The third kappa shape index (κ3) is 6.80. The zero-order valence-corrected chi connectivity index (χ0v) is 16.4. The number of hydrogen-bond acceptors (Lipinski definition) is 6. The number of amides is 2. The number of aliphatic hydroxyl groups excluding tert-OH is 1. The Morgan fingerprint density at radius 3 is 2.46 bits per heavy atom. The Labute approximate surface area is 165 Å². The van der Waals surface area contributed by atoms with Gasteiger partial charge in [-0.05, 0) is 31.5 Å². The number of carbonyl (C=O) groups excluding carboxylic acids is 1. The van der Waals surface area contributed by atoms with Crippen LogP contribution in [0.4, 0.5) is 10.5 Å². The van der Waals surface area contributed by atoms with Crippen molar-refractivity contribution < 1.29 is 24.1 Å². The molecule has 0 aliphatic heterocycles. The minimum atomic E-state index is -0.548. The van der Waals surface area contributed by atoms with Crippen molar-refractivity contribution >= 4 is 11.7 Å². The quantitative estimate of drug-likeness (QED) is 0.607. The summed E-state index contributed by atoms with van der Waals surface area (Å²) in [6, 6.07) is 10.7. The van der Waals surface area contributed by atoms with Gasteiger partial charge in [-0.2, -0.15) is 0 Å². The van der Waals surface area contributed by atoms with Crippen molar-refractivity contribution in [2.75, 3.05) is 39.2 Å². The molecule has 1 aromatic carbocycles. The Bertz CT molecular complexity index is 718. The Morgan fingerprint density at radius 1 is 1.18 bits per heavy atom. The number of aromatic nitrogens is 1. The van der Waals surface area contributed by atoms with Crippen molar-refractivity contribution in [3.63, 3.8) is 0 Å². The van der Waals surface area contributed by atoms with Gasteiger partial charge in [0.05, 0.1) is 18.4 Å². The molecule has 0 bridgehead atoms. The van der Waals surface area contributed by atoms with Gasteiger partial charge >= 0.3 is 6.03 Å². The SMILES string of the molecule is COC(CN(CCCO)C(=O)Nc1ccc(Oc2ccc(C)cc2)nc1)OC. The molecule has 0 unspecified atom stereocenters. The molecular formula is C20H27N3O5. The first kappa shape index (κ1) is 21.6. The molecule has 0 saturated heterocycles. The van der Waals surface area contributed by atoms with E-state index in [1.807, 2.05) is 31.2 Å². The molecule has 2 aromatic rings. The molecule has 8 nitrogen and oxygen atoms in total. The summed E-state index contributed by atoms with van der Waals surface area (Å²) in [5.74, 6) is 1.12. The van der Waals surface area contributed by atoms with Gasteiger partial charge in [0.25, 0.3) is 0 Å².